The molecule has 18 heavy (non-hydrogen) atoms. The number of aliphatic hydroxyl groups excluding tert-OH is 1. The van der Waals surface area contributed by atoms with E-state index in [1.807, 2.05) is 5.38 Å². The largest absolute Gasteiger partial charge is 0.396 e. The number of thiophene rings is 1. The Balaban J connectivity index is 1.87. The Labute approximate surface area is 110 Å². The molecule has 0 bridgehead atoms. The molecule has 0 aliphatic heterocycles. The van der Waals surface area contributed by atoms with Crippen molar-refractivity contribution in [1.29, 1.82) is 0 Å². The van der Waals surface area contributed by atoms with E-state index in [-0.39, 0.29) is 16.5 Å². The summed E-state index contributed by atoms with van der Waals surface area (Å²) < 4.78 is 0. The zero-order valence-electron chi connectivity index (χ0n) is 10.2. The molecule has 0 radical (unpaired) electrons. The lowest BCUT2D eigenvalue weighted by Crippen LogP contribution is -2.39. The van der Waals surface area contributed by atoms with Gasteiger partial charge in [-0.05, 0) is 24.3 Å². The van der Waals surface area contributed by atoms with Crippen molar-refractivity contribution in [2.45, 2.75) is 38.3 Å². The molecule has 1 aliphatic rings. The Morgan fingerprint density at radius 3 is 2.94 bits per heavy atom. The summed E-state index contributed by atoms with van der Waals surface area (Å²) >= 11 is 1.16. The molecule has 0 aromatic carbocycles. The first-order valence-electron chi connectivity index (χ1n) is 6.26. The maximum Gasteiger partial charge on any atom is 0.324 e. The van der Waals surface area contributed by atoms with Gasteiger partial charge < -0.3 is 10.4 Å². The highest BCUT2D eigenvalue weighted by molar-refractivity contribution is 7.13. The minimum absolute atomic E-state index is 0.189. The second-order valence-electron chi connectivity index (χ2n) is 4.76. The van der Waals surface area contributed by atoms with E-state index in [1.54, 1.807) is 6.07 Å². The third-order valence-electron chi connectivity index (χ3n) is 3.53. The highest BCUT2D eigenvalue weighted by Crippen LogP contribution is 2.26. The summed E-state index contributed by atoms with van der Waals surface area (Å²) in [6, 6.07) is 1.96. The smallest absolute Gasteiger partial charge is 0.324 e. The second-order valence-corrected chi connectivity index (χ2v) is 5.65. The van der Waals surface area contributed by atoms with E-state index in [0.29, 0.717) is 18.5 Å². The van der Waals surface area contributed by atoms with Crippen LogP contribution in [0.1, 0.15) is 31.2 Å². The highest BCUT2D eigenvalue weighted by atomic mass is 32.1. The van der Waals surface area contributed by atoms with Gasteiger partial charge in [0.2, 0.25) is 0 Å². The van der Waals surface area contributed by atoms with Crippen LogP contribution in [0.3, 0.4) is 0 Å². The topological polar surface area (TPSA) is 75.4 Å². The molecule has 2 unspecified atom stereocenters. The number of hydrogen-bond donors (Lipinski definition) is 2. The lowest BCUT2D eigenvalue weighted by atomic mass is 9.85. The number of nitrogens with zero attached hydrogens (tertiary/aromatic N) is 1. The van der Waals surface area contributed by atoms with Crippen molar-refractivity contribution in [2.24, 2.45) is 5.92 Å². The average Bonchev–Trinajstić information content (AvgIpc) is 2.85. The number of hydrogen-bond acceptors (Lipinski definition) is 5. The molecule has 0 saturated heterocycles. The molecular formula is C12H18N2O3S. The molecule has 100 valence electrons. The predicted octanol–water partition coefficient (Wildman–Crippen LogP) is 2.30. The van der Waals surface area contributed by atoms with Gasteiger partial charge in [-0.25, -0.2) is 0 Å². The molecule has 2 N–H and O–H groups in total. The first-order valence-corrected chi connectivity index (χ1v) is 7.14. The Morgan fingerprint density at radius 1 is 1.50 bits per heavy atom. The van der Waals surface area contributed by atoms with Gasteiger partial charge >= 0.3 is 5.00 Å². The Hall–Kier alpha value is -0.980. The summed E-state index contributed by atoms with van der Waals surface area (Å²) in [5.74, 6) is 0.326. The fourth-order valence-electron chi connectivity index (χ4n) is 2.50. The lowest BCUT2D eigenvalue weighted by Gasteiger charge is -2.30. The van der Waals surface area contributed by atoms with Crippen LogP contribution in [0, 0.1) is 16.0 Å². The van der Waals surface area contributed by atoms with E-state index in [9.17, 15) is 15.2 Å². The minimum Gasteiger partial charge on any atom is -0.396 e. The molecule has 0 spiro atoms. The maximum atomic E-state index is 10.6. The van der Waals surface area contributed by atoms with E-state index >= 15 is 0 Å². The number of nitrogens with one attached hydrogen (secondary N) is 1. The molecule has 1 aliphatic carbocycles. The summed E-state index contributed by atoms with van der Waals surface area (Å²) in [5, 5.41) is 25.3. The van der Waals surface area contributed by atoms with Crippen molar-refractivity contribution in [3.63, 3.8) is 0 Å². The predicted molar refractivity (Wildman–Crippen MR) is 70.6 cm³/mol. The molecule has 1 fully saturated rings. The molecule has 1 saturated carbocycles. The first-order chi connectivity index (χ1) is 8.70. The standard InChI is InChI=1S/C12H18N2O3S/c15-7-10-3-1-2-4-11(10)13-6-9-5-12(14(16)17)18-8-9/h5,8,10-11,13,15H,1-4,6-7H2. The van der Waals surface area contributed by atoms with E-state index in [1.165, 1.54) is 12.8 Å². The van der Waals surface area contributed by atoms with Crippen LogP contribution in [0.5, 0.6) is 0 Å². The minimum atomic E-state index is -0.356. The molecule has 2 rings (SSSR count). The van der Waals surface area contributed by atoms with Gasteiger partial charge in [-0.3, -0.25) is 10.1 Å². The van der Waals surface area contributed by atoms with Crippen LogP contribution in [0.4, 0.5) is 5.00 Å². The van der Waals surface area contributed by atoms with E-state index in [0.717, 1.165) is 29.7 Å². The van der Waals surface area contributed by atoms with Crippen molar-refractivity contribution in [1.82, 2.24) is 5.32 Å². The maximum absolute atomic E-state index is 10.6. The Bertz CT molecular complexity index is 408. The van der Waals surface area contributed by atoms with Crippen LogP contribution in [-0.4, -0.2) is 22.7 Å². The summed E-state index contributed by atoms with van der Waals surface area (Å²) in [6.45, 7) is 0.868. The zero-order chi connectivity index (χ0) is 13.0. The number of rotatable bonds is 5. The van der Waals surface area contributed by atoms with Gasteiger partial charge in [0.25, 0.3) is 0 Å². The van der Waals surface area contributed by atoms with Crippen LogP contribution >= 0.6 is 11.3 Å². The van der Waals surface area contributed by atoms with Gasteiger partial charge in [0.1, 0.15) is 0 Å². The summed E-state index contributed by atoms with van der Waals surface area (Å²) in [6.07, 6.45) is 4.53. The summed E-state index contributed by atoms with van der Waals surface area (Å²) in [5.41, 5.74) is 0.953. The van der Waals surface area contributed by atoms with Gasteiger partial charge in [-0.2, -0.15) is 0 Å². The lowest BCUT2D eigenvalue weighted by molar-refractivity contribution is -0.380. The zero-order valence-corrected chi connectivity index (χ0v) is 11.0. The third-order valence-corrected chi connectivity index (χ3v) is 4.46. The Morgan fingerprint density at radius 2 is 2.28 bits per heavy atom. The first kappa shape index (κ1) is 13.5. The van der Waals surface area contributed by atoms with E-state index in [2.05, 4.69) is 5.32 Å². The molecule has 0 amide bonds. The molecule has 1 aromatic rings. The molecule has 5 nitrogen and oxygen atoms in total. The summed E-state index contributed by atoms with van der Waals surface area (Å²) in [4.78, 5) is 10.2. The van der Waals surface area contributed by atoms with Crippen LogP contribution < -0.4 is 5.32 Å². The number of nitro groups is 1. The fourth-order valence-corrected chi connectivity index (χ4v) is 3.22. The van der Waals surface area contributed by atoms with Gasteiger partial charge in [-0.1, -0.05) is 24.2 Å². The fraction of sp³-hybridized carbons (Fsp3) is 0.667. The number of aliphatic hydroxyl groups is 1. The van der Waals surface area contributed by atoms with Crippen LogP contribution in [-0.2, 0) is 6.54 Å². The van der Waals surface area contributed by atoms with Crippen LogP contribution in [0.15, 0.2) is 11.4 Å². The van der Waals surface area contributed by atoms with Gasteiger partial charge in [0.15, 0.2) is 0 Å². The van der Waals surface area contributed by atoms with Crippen LogP contribution in [0.25, 0.3) is 0 Å². The monoisotopic (exact) mass is 270 g/mol. The van der Waals surface area contributed by atoms with Crippen molar-refractivity contribution in [3.8, 4) is 0 Å². The third kappa shape index (κ3) is 3.28. The van der Waals surface area contributed by atoms with Crippen molar-refractivity contribution in [2.75, 3.05) is 6.61 Å². The van der Waals surface area contributed by atoms with Gasteiger partial charge in [0, 0.05) is 30.6 Å². The second kappa shape index (κ2) is 6.26. The van der Waals surface area contributed by atoms with Crippen LogP contribution in [0.2, 0.25) is 0 Å². The SMILES string of the molecule is O=[N+]([O-])c1cc(CNC2CCCCC2CO)cs1. The van der Waals surface area contributed by atoms with Gasteiger partial charge in [0.05, 0.1) is 4.92 Å². The van der Waals surface area contributed by atoms with Crippen molar-refractivity contribution >= 4 is 16.3 Å². The van der Waals surface area contributed by atoms with E-state index < -0.39 is 0 Å². The quantitative estimate of drug-likeness (QED) is 0.636. The van der Waals surface area contributed by atoms with Crippen molar-refractivity contribution in [3.05, 3.63) is 27.1 Å². The highest BCUT2D eigenvalue weighted by Gasteiger charge is 2.24. The molecule has 1 aromatic heterocycles. The normalized spacial score (nSPS) is 24.1. The molecule has 2 atom stereocenters. The summed E-state index contributed by atoms with van der Waals surface area (Å²) in [7, 11) is 0. The molecule has 1 heterocycles. The Kier molecular flexibility index (Phi) is 4.68. The molecular weight excluding hydrogens is 252 g/mol. The molecule has 6 heteroatoms. The van der Waals surface area contributed by atoms with Gasteiger partial charge in [-0.15, -0.1) is 0 Å². The van der Waals surface area contributed by atoms with E-state index in [4.69, 9.17) is 0 Å². The average molecular weight is 270 g/mol. The van der Waals surface area contributed by atoms with Crippen molar-refractivity contribution < 1.29 is 10.0 Å².